The number of rotatable bonds is 12. The summed E-state index contributed by atoms with van der Waals surface area (Å²) in [6.45, 7) is 20.6. The van der Waals surface area contributed by atoms with Gasteiger partial charge in [0, 0.05) is 12.5 Å². The first-order valence-corrected chi connectivity index (χ1v) is 13.8. The summed E-state index contributed by atoms with van der Waals surface area (Å²) in [5.74, 6) is -3.02. The summed E-state index contributed by atoms with van der Waals surface area (Å²) in [6, 6.07) is 4.19. The zero-order valence-electron chi connectivity index (χ0n) is 26.1. The standard InChI is InChI=1S/C31H49NO8/c1-12-20(2)32-31(27(36)37,40-26(35)19-30(9,10)11)16-21-13-14-22(38-24(33)17-28(3,4)5)23(15-21)39-25(34)18-29(6,7)8/h13-15,20,32H,12,16-19H2,1-11H3,(H,36,37)/t20?,31-/m0/s1. The summed E-state index contributed by atoms with van der Waals surface area (Å²) < 4.78 is 16.8. The molecule has 0 fully saturated rings. The number of esters is 3. The molecule has 40 heavy (non-hydrogen) atoms. The van der Waals surface area contributed by atoms with Gasteiger partial charge < -0.3 is 19.3 Å². The molecule has 9 nitrogen and oxygen atoms in total. The molecule has 2 atom stereocenters. The smallest absolute Gasteiger partial charge is 0.364 e. The lowest BCUT2D eigenvalue weighted by Crippen LogP contribution is -2.59. The van der Waals surface area contributed by atoms with E-state index in [4.69, 9.17) is 14.2 Å². The molecule has 2 N–H and O–H groups in total. The van der Waals surface area contributed by atoms with Crippen LogP contribution < -0.4 is 14.8 Å². The molecule has 0 amide bonds. The van der Waals surface area contributed by atoms with Gasteiger partial charge in [0.05, 0.1) is 19.3 Å². The average Bonchev–Trinajstić information content (AvgIpc) is 2.71. The molecule has 0 radical (unpaired) electrons. The number of benzene rings is 1. The molecule has 1 aromatic carbocycles. The summed E-state index contributed by atoms with van der Waals surface area (Å²) in [7, 11) is 0. The molecule has 1 unspecified atom stereocenters. The third kappa shape index (κ3) is 12.9. The lowest BCUT2D eigenvalue weighted by atomic mass is 9.92. The normalized spacial score (nSPS) is 14.6. The molecule has 0 saturated heterocycles. The fourth-order valence-electron chi connectivity index (χ4n) is 3.76. The van der Waals surface area contributed by atoms with E-state index in [9.17, 15) is 24.3 Å². The SMILES string of the molecule is CCC(C)N[C@@](Cc1ccc(OC(=O)CC(C)(C)C)c(OC(=O)CC(C)(C)C)c1)(OC(=O)CC(C)(C)C)C(=O)O. The molecular formula is C31H49NO8. The van der Waals surface area contributed by atoms with Crippen LogP contribution in [-0.4, -0.2) is 40.8 Å². The first kappa shape index (κ1) is 35.1. The largest absolute Gasteiger partial charge is 0.477 e. The number of nitrogens with one attached hydrogen (secondary N) is 1. The van der Waals surface area contributed by atoms with E-state index in [0.717, 1.165) is 0 Å². The first-order valence-electron chi connectivity index (χ1n) is 13.8. The molecule has 1 aromatic rings. The number of hydrogen-bond donors (Lipinski definition) is 2. The van der Waals surface area contributed by atoms with E-state index in [2.05, 4.69) is 5.32 Å². The number of carbonyl (C=O) groups is 4. The summed E-state index contributed by atoms with van der Waals surface area (Å²) in [5, 5.41) is 13.3. The van der Waals surface area contributed by atoms with E-state index in [1.807, 2.05) is 69.2 Å². The van der Waals surface area contributed by atoms with Gasteiger partial charge in [0.2, 0.25) is 0 Å². The van der Waals surface area contributed by atoms with Crippen molar-refractivity contribution in [2.45, 2.75) is 120 Å². The zero-order chi connectivity index (χ0) is 31.1. The third-order valence-corrected chi connectivity index (χ3v) is 5.66. The van der Waals surface area contributed by atoms with Crippen molar-refractivity contribution in [3.63, 3.8) is 0 Å². The Morgan fingerprint density at radius 2 is 1.23 bits per heavy atom. The van der Waals surface area contributed by atoms with Crippen LogP contribution in [0.5, 0.6) is 11.5 Å². The number of ether oxygens (including phenoxy) is 3. The highest BCUT2D eigenvalue weighted by Crippen LogP contribution is 2.33. The van der Waals surface area contributed by atoms with Gasteiger partial charge in [0.25, 0.3) is 5.72 Å². The zero-order valence-corrected chi connectivity index (χ0v) is 26.1. The van der Waals surface area contributed by atoms with Crippen LogP contribution in [0.25, 0.3) is 0 Å². The van der Waals surface area contributed by atoms with Gasteiger partial charge >= 0.3 is 23.9 Å². The van der Waals surface area contributed by atoms with Crippen molar-refractivity contribution in [2.24, 2.45) is 16.2 Å². The van der Waals surface area contributed by atoms with Crippen LogP contribution in [0, 0.1) is 16.2 Å². The third-order valence-electron chi connectivity index (χ3n) is 5.66. The molecule has 9 heteroatoms. The Morgan fingerprint density at radius 1 is 0.775 bits per heavy atom. The Labute approximate surface area is 239 Å². The predicted octanol–water partition coefficient (Wildman–Crippen LogP) is 6.06. The molecule has 0 bridgehead atoms. The number of aliphatic carboxylic acids is 1. The Kier molecular flexibility index (Phi) is 11.9. The van der Waals surface area contributed by atoms with Gasteiger partial charge in [-0.25, -0.2) is 4.79 Å². The number of carboxylic acid groups (broad SMARTS) is 1. The average molecular weight is 564 g/mol. The second kappa shape index (κ2) is 13.6. The van der Waals surface area contributed by atoms with Crippen molar-refractivity contribution >= 4 is 23.9 Å². The Hall–Kier alpha value is -2.94. The quantitative estimate of drug-likeness (QED) is 0.177. The van der Waals surface area contributed by atoms with Crippen molar-refractivity contribution in [1.29, 1.82) is 0 Å². The van der Waals surface area contributed by atoms with Gasteiger partial charge in [0.15, 0.2) is 11.5 Å². The van der Waals surface area contributed by atoms with Crippen LogP contribution >= 0.6 is 0 Å². The molecule has 0 spiro atoms. The van der Waals surface area contributed by atoms with Crippen LogP contribution in [0.15, 0.2) is 18.2 Å². The molecule has 0 saturated carbocycles. The minimum atomic E-state index is -2.07. The maximum atomic E-state index is 12.8. The fraction of sp³-hybridized carbons (Fsp3) is 0.677. The van der Waals surface area contributed by atoms with Crippen LogP contribution in [0.4, 0.5) is 0 Å². The molecule has 226 valence electrons. The van der Waals surface area contributed by atoms with Crippen LogP contribution in [-0.2, 0) is 30.3 Å². The highest BCUT2D eigenvalue weighted by atomic mass is 16.6. The predicted molar refractivity (Wildman–Crippen MR) is 153 cm³/mol. The van der Waals surface area contributed by atoms with E-state index >= 15 is 0 Å². The molecule has 0 aromatic heterocycles. The second-order valence-electron chi connectivity index (χ2n) is 14.2. The Balaban J connectivity index is 3.53. The fourth-order valence-corrected chi connectivity index (χ4v) is 3.76. The molecule has 1 rings (SSSR count). The van der Waals surface area contributed by atoms with Gasteiger partial charge in [-0.2, -0.15) is 0 Å². The first-order chi connectivity index (χ1) is 18.0. The molecule has 0 aliphatic rings. The summed E-state index contributed by atoms with van der Waals surface area (Å²) >= 11 is 0. The number of hydrogen-bond acceptors (Lipinski definition) is 8. The lowest BCUT2D eigenvalue weighted by molar-refractivity contribution is -0.185. The van der Waals surface area contributed by atoms with E-state index < -0.39 is 35.0 Å². The van der Waals surface area contributed by atoms with E-state index in [1.54, 1.807) is 13.0 Å². The maximum Gasteiger partial charge on any atom is 0.364 e. The lowest BCUT2D eigenvalue weighted by Gasteiger charge is -2.34. The summed E-state index contributed by atoms with van der Waals surface area (Å²) in [6.07, 6.45) is 0.579. The highest BCUT2D eigenvalue weighted by Gasteiger charge is 2.44. The van der Waals surface area contributed by atoms with Crippen LogP contribution in [0.2, 0.25) is 0 Å². The van der Waals surface area contributed by atoms with E-state index in [1.165, 1.54) is 12.1 Å². The minimum Gasteiger partial charge on any atom is -0.477 e. The molecule has 0 heterocycles. The van der Waals surface area contributed by atoms with Crippen molar-refractivity contribution in [3.8, 4) is 11.5 Å². The Morgan fingerprint density at radius 3 is 1.65 bits per heavy atom. The van der Waals surface area contributed by atoms with Crippen molar-refractivity contribution in [3.05, 3.63) is 23.8 Å². The van der Waals surface area contributed by atoms with Crippen molar-refractivity contribution in [2.75, 3.05) is 0 Å². The Bertz CT molecular complexity index is 1060. The maximum absolute atomic E-state index is 12.8. The van der Waals surface area contributed by atoms with Crippen LogP contribution in [0.1, 0.15) is 107 Å². The highest BCUT2D eigenvalue weighted by molar-refractivity contribution is 5.82. The molecular weight excluding hydrogens is 514 g/mol. The van der Waals surface area contributed by atoms with Gasteiger partial charge in [-0.05, 0) is 47.3 Å². The van der Waals surface area contributed by atoms with Gasteiger partial charge in [-0.1, -0.05) is 75.3 Å². The summed E-state index contributed by atoms with van der Waals surface area (Å²) in [5.41, 5.74) is -2.76. The van der Waals surface area contributed by atoms with Gasteiger partial charge in [0.1, 0.15) is 0 Å². The van der Waals surface area contributed by atoms with Crippen LogP contribution in [0.3, 0.4) is 0 Å². The number of carbonyl (C=O) groups excluding carboxylic acids is 3. The number of carboxylic acids is 1. The minimum absolute atomic E-state index is 0.0159. The van der Waals surface area contributed by atoms with Gasteiger partial charge in [-0.3, -0.25) is 19.7 Å². The molecule has 0 aliphatic carbocycles. The van der Waals surface area contributed by atoms with E-state index in [-0.39, 0.29) is 54.1 Å². The van der Waals surface area contributed by atoms with Crippen molar-refractivity contribution in [1.82, 2.24) is 5.32 Å². The monoisotopic (exact) mass is 563 g/mol. The molecule has 0 aliphatic heterocycles. The van der Waals surface area contributed by atoms with E-state index in [0.29, 0.717) is 12.0 Å². The van der Waals surface area contributed by atoms with Crippen molar-refractivity contribution < 1.29 is 38.5 Å². The topological polar surface area (TPSA) is 128 Å². The second-order valence-corrected chi connectivity index (χ2v) is 14.2. The van der Waals surface area contributed by atoms with Gasteiger partial charge in [-0.15, -0.1) is 0 Å². The summed E-state index contributed by atoms with van der Waals surface area (Å²) in [4.78, 5) is 50.8.